The van der Waals surface area contributed by atoms with Crippen LogP contribution in [0.1, 0.15) is 18.4 Å². The van der Waals surface area contributed by atoms with Crippen molar-refractivity contribution in [3.05, 3.63) is 48.2 Å². The van der Waals surface area contributed by atoms with Crippen molar-refractivity contribution in [3.63, 3.8) is 0 Å². The van der Waals surface area contributed by atoms with Crippen LogP contribution in [0.2, 0.25) is 0 Å². The summed E-state index contributed by atoms with van der Waals surface area (Å²) in [6, 6.07) is 8.03. The predicted molar refractivity (Wildman–Crippen MR) is 107 cm³/mol. The van der Waals surface area contributed by atoms with Crippen molar-refractivity contribution in [1.29, 1.82) is 0 Å². The quantitative estimate of drug-likeness (QED) is 0.533. The number of alkyl halides is 3. The lowest BCUT2D eigenvalue weighted by molar-refractivity contribution is -0.137. The van der Waals surface area contributed by atoms with Crippen molar-refractivity contribution in [1.82, 2.24) is 14.8 Å². The largest absolute Gasteiger partial charge is 0.461 e. The van der Waals surface area contributed by atoms with Gasteiger partial charge in [0.15, 0.2) is 10.9 Å². The average molecular weight is 452 g/mol. The summed E-state index contributed by atoms with van der Waals surface area (Å²) >= 11 is 1.14. The first-order chi connectivity index (χ1) is 14.9. The number of hydrogen-bond donors (Lipinski definition) is 1. The first-order valence-electron chi connectivity index (χ1n) is 9.59. The first kappa shape index (κ1) is 21.4. The number of aromatic nitrogens is 3. The van der Waals surface area contributed by atoms with E-state index in [0.717, 1.165) is 36.7 Å². The lowest BCUT2D eigenvalue weighted by atomic mass is 10.2. The van der Waals surface area contributed by atoms with Crippen LogP contribution in [-0.2, 0) is 22.3 Å². The number of carbonyl (C=O) groups is 1. The van der Waals surface area contributed by atoms with Gasteiger partial charge in [0, 0.05) is 12.3 Å². The van der Waals surface area contributed by atoms with E-state index in [0.29, 0.717) is 29.9 Å². The maximum absolute atomic E-state index is 12.9. The SMILES string of the molecule is O=C(CSc1nnc(-c2ccco2)n1CC1CCCO1)Nc1cccc(C(F)(F)F)c1. The molecule has 4 rings (SSSR count). The number of furan rings is 1. The molecule has 3 aromatic rings. The van der Waals surface area contributed by atoms with E-state index in [-0.39, 0.29) is 17.5 Å². The molecule has 164 valence electrons. The van der Waals surface area contributed by atoms with Gasteiger partial charge in [-0.05, 0) is 43.2 Å². The van der Waals surface area contributed by atoms with Crippen LogP contribution in [0, 0.1) is 0 Å². The summed E-state index contributed by atoms with van der Waals surface area (Å²) in [5.74, 6) is 0.584. The Morgan fingerprint density at radius 1 is 1.26 bits per heavy atom. The Morgan fingerprint density at radius 2 is 2.13 bits per heavy atom. The number of thioether (sulfide) groups is 1. The molecule has 11 heteroatoms. The van der Waals surface area contributed by atoms with E-state index < -0.39 is 17.6 Å². The highest BCUT2D eigenvalue weighted by Crippen LogP contribution is 2.31. The second kappa shape index (κ2) is 9.15. The summed E-state index contributed by atoms with van der Waals surface area (Å²) in [4.78, 5) is 12.3. The summed E-state index contributed by atoms with van der Waals surface area (Å²) in [5, 5.41) is 11.4. The highest BCUT2D eigenvalue weighted by Gasteiger charge is 2.30. The lowest BCUT2D eigenvalue weighted by Crippen LogP contribution is -2.18. The number of nitrogens with one attached hydrogen (secondary N) is 1. The summed E-state index contributed by atoms with van der Waals surface area (Å²) in [6.45, 7) is 1.21. The molecular formula is C20H19F3N4O3S. The van der Waals surface area contributed by atoms with E-state index in [1.165, 1.54) is 18.4 Å². The van der Waals surface area contributed by atoms with Crippen LogP contribution in [0.4, 0.5) is 18.9 Å². The summed E-state index contributed by atoms with van der Waals surface area (Å²) in [5.41, 5.74) is -0.741. The van der Waals surface area contributed by atoms with Gasteiger partial charge < -0.3 is 14.5 Å². The molecule has 1 atom stereocenters. The highest BCUT2D eigenvalue weighted by molar-refractivity contribution is 7.99. The Morgan fingerprint density at radius 3 is 2.84 bits per heavy atom. The molecule has 7 nitrogen and oxygen atoms in total. The fourth-order valence-corrected chi connectivity index (χ4v) is 3.99. The lowest BCUT2D eigenvalue weighted by Gasteiger charge is -2.14. The zero-order valence-corrected chi connectivity index (χ0v) is 17.1. The molecule has 0 aliphatic carbocycles. The second-order valence-electron chi connectivity index (χ2n) is 6.94. The molecule has 1 fully saturated rings. The number of rotatable bonds is 7. The first-order valence-corrected chi connectivity index (χ1v) is 10.6. The Labute approximate surface area is 180 Å². The van der Waals surface area contributed by atoms with Gasteiger partial charge in [0.2, 0.25) is 11.7 Å². The van der Waals surface area contributed by atoms with Crippen LogP contribution >= 0.6 is 11.8 Å². The highest BCUT2D eigenvalue weighted by atomic mass is 32.2. The number of hydrogen-bond acceptors (Lipinski definition) is 6. The maximum Gasteiger partial charge on any atom is 0.416 e. The van der Waals surface area contributed by atoms with Crippen LogP contribution in [0.3, 0.4) is 0 Å². The number of benzene rings is 1. The Bertz CT molecular complexity index is 1030. The van der Waals surface area contributed by atoms with E-state index in [1.807, 2.05) is 4.57 Å². The Hall–Kier alpha value is -2.79. The minimum atomic E-state index is -4.48. The van der Waals surface area contributed by atoms with Crippen LogP contribution in [-0.4, -0.2) is 39.1 Å². The number of halogens is 3. The van der Waals surface area contributed by atoms with Crippen LogP contribution in [0.15, 0.2) is 52.2 Å². The molecule has 1 unspecified atom stereocenters. The number of nitrogens with zero attached hydrogens (tertiary/aromatic N) is 3. The van der Waals surface area contributed by atoms with Crippen LogP contribution in [0.25, 0.3) is 11.6 Å². The minimum absolute atomic E-state index is 0.0167. The molecule has 3 heterocycles. The normalized spacial score (nSPS) is 16.5. The van der Waals surface area contributed by atoms with E-state index in [1.54, 1.807) is 12.1 Å². The van der Waals surface area contributed by atoms with Crippen molar-refractivity contribution in [2.24, 2.45) is 0 Å². The number of ether oxygens (including phenoxy) is 1. The fraction of sp³-hybridized carbons (Fsp3) is 0.350. The summed E-state index contributed by atoms with van der Waals surface area (Å²) in [6.07, 6.45) is -1.03. The molecular weight excluding hydrogens is 433 g/mol. The summed E-state index contributed by atoms with van der Waals surface area (Å²) in [7, 11) is 0. The molecule has 2 aromatic heterocycles. The van der Waals surface area contributed by atoms with E-state index in [9.17, 15) is 18.0 Å². The van der Waals surface area contributed by atoms with Crippen molar-refractivity contribution in [2.75, 3.05) is 17.7 Å². The molecule has 1 amide bonds. The Balaban J connectivity index is 1.45. The molecule has 0 bridgehead atoms. The van der Waals surface area contributed by atoms with Crippen molar-refractivity contribution in [3.8, 4) is 11.6 Å². The van der Waals surface area contributed by atoms with Crippen LogP contribution in [0.5, 0.6) is 0 Å². The smallest absolute Gasteiger partial charge is 0.416 e. The molecule has 0 saturated carbocycles. The summed E-state index contributed by atoms with van der Waals surface area (Å²) < 4.78 is 51.5. The van der Waals surface area contributed by atoms with Gasteiger partial charge in [-0.15, -0.1) is 10.2 Å². The van der Waals surface area contributed by atoms with Gasteiger partial charge in [-0.25, -0.2) is 0 Å². The molecule has 0 spiro atoms. The fourth-order valence-electron chi connectivity index (χ4n) is 3.24. The number of carbonyl (C=O) groups excluding carboxylic acids is 1. The zero-order valence-electron chi connectivity index (χ0n) is 16.3. The molecule has 1 saturated heterocycles. The second-order valence-corrected chi connectivity index (χ2v) is 7.89. The van der Waals surface area contributed by atoms with Gasteiger partial charge >= 0.3 is 6.18 Å². The van der Waals surface area contributed by atoms with E-state index in [2.05, 4.69) is 15.5 Å². The maximum atomic E-state index is 12.9. The molecule has 1 aromatic carbocycles. The van der Waals surface area contributed by atoms with Crippen LogP contribution < -0.4 is 5.32 Å². The minimum Gasteiger partial charge on any atom is -0.461 e. The Kier molecular flexibility index (Phi) is 6.33. The number of amides is 1. The molecule has 31 heavy (non-hydrogen) atoms. The zero-order chi connectivity index (χ0) is 21.8. The topological polar surface area (TPSA) is 82.2 Å². The average Bonchev–Trinajstić information content (AvgIpc) is 3.49. The molecule has 1 aliphatic heterocycles. The molecule has 0 radical (unpaired) electrons. The standard InChI is InChI=1S/C20H19F3N4O3S/c21-20(22,23)13-4-1-5-14(10-13)24-17(28)12-31-19-26-25-18(16-7-3-9-30-16)27(19)11-15-6-2-8-29-15/h1,3-5,7,9-10,15H,2,6,8,11-12H2,(H,24,28). The third-order valence-corrected chi connectivity index (χ3v) is 5.64. The monoisotopic (exact) mass is 452 g/mol. The third kappa shape index (κ3) is 5.28. The van der Waals surface area contributed by atoms with Gasteiger partial charge in [0.05, 0.1) is 30.2 Å². The third-order valence-electron chi connectivity index (χ3n) is 4.67. The number of anilines is 1. The van der Waals surface area contributed by atoms with Crippen molar-refractivity contribution in [2.45, 2.75) is 36.8 Å². The predicted octanol–water partition coefficient (Wildman–Crippen LogP) is 4.47. The molecule has 1 N–H and O–H groups in total. The van der Waals surface area contributed by atoms with Gasteiger partial charge in [0.25, 0.3) is 0 Å². The van der Waals surface area contributed by atoms with Crippen molar-refractivity contribution < 1.29 is 27.1 Å². The van der Waals surface area contributed by atoms with Gasteiger partial charge in [0.1, 0.15) is 0 Å². The molecule has 1 aliphatic rings. The van der Waals surface area contributed by atoms with Crippen molar-refractivity contribution >= 4 is 23.4 Å². The van der Waals surface area contributed by atoms with E-state index >= 15 is 0 Å². The van der Waals surface area contributed by atoms with Gasteiger partial charge in [-0.3, -0.25) is 9.36 Å². The van der Waals surface area contributed by atoms with E-state index in [4.69, 9.17) is 9.15 Å². The van der Waals surface area contributed by atoms with Gasteiger partial charge in [-0.2, -0.15) is 13.2 Å². The van der Waals surface area contributed by atoms with Gasteiger partial charge in [-0.1, -0.05) is 17.8 Å².